The third-order valence-corrected chi connectivity index (χ3v) is 6.03. The van der Waals surface area contributed by atoms with E-state index in [4.69, 9.17) is 5.73 Å². The van der Waals surface area contributed by atoms with E-state index in [2.05, 4.69) is 4.98 Å². The number of sulfonamides is 1. The molecule has 2 heterocycles. The maximum atomic E-state index is 12.4. The summed E-state index contributed by atoms with van der Waals surface area (Å²) >= 11 is 1.78. The average molecular weight is 287 g/mol. The van der Waals surface area contributed by atoms with Gasteiger partial charge in [0.25, 0.3) is 10.0 Å². The minimum Gasteiger partial charge on any atom is -0.326 e. The minimum absolute atomic E-state index is 0.0183. The average Bonchev–Trinajstić information content (AvgIpc) is 2.39. The zero-order valence-corrected chi connectivity index (χ0v) is 11.9. The lowest BCUT2D eigenvalue weighted by Crippen LogP contribution is -2.44. The lowest BCUT2D eigenvalue weighted by Gasteiger charge is -2.31. The van der Waals surface area contributed by atoms with Crippen LogP contribution in [0.1, 0.15) is 12.5 Å². The van der Waals surface area contributed by atoms with Crippen LogP contribution < -0.4 is 5.73 Å². The maximum Gasteiger partial charge on any atom is 0.260 e. The number of hydrogen-bond donors (Lipinski definition) is 1. The number of nitrogens with two attached hydrogens (primary N) is 1. The summed E-state index contributed by atoms with van der Waals surface area (Å²) in [6.07, 6.45) is 1.52. The normalized spacial score (nSPS) is 22.0. The molecule has 100 valence electrons. The van der Waals surface area contributed by atoms with E-state index in [-0.39, 0.29) is 11.1 Å². The molecule has 1 aromatic rings. The minimum atomic E-state index is -3.47. The van der Waals surface area contributed by atoms with Gasteiger partial charge in [-0.1, -0.05) is 6.07 Å². The largest absolute Gasteiger partial charge is 0.326 e. The van der Waals surface area contributed by atoms with Gasteiger partial charge in [0.2, 0.25) is 0 Å². The molecule has 0 aliphatic carbocycles. The van der Waals surface area contributed by atoms with Crippen molar-refractivity contribution in [1.82, 2.24) is 9.29 Å². The molecular formula is C11H17N3O2S2. The van der Waals surface area contributed by atoms with E-state index in [1.165, 1.54) is 16.6 Å². The van der Waals surface area contributed by atoms with Gasteiger partial charge in [-0.2, -0.15) is 16.1 Å². The summed E-state index contributed by atoms with van der Waals surface area (Å²) in [6, 6.07) is 3.26. The van der Waals surface area contributed by atoms with E-state index in [1.807, 2.05) is 6.92 Å². The van der Waals surface area contributed by atoms with Crippen LogP contribution in [0.3, 0.4) is 0 Å². The summed E-state index contributed by atoms with van der Waals surface area (Å²) in [5.41, 5.74) is 6.30. The number of thioether (sulfide) groups is 1. The molecule has 2 rings (SSSR count). The van der Waals surface area contributed by atoms with Crippen LogP contribution in [0.2, 0.25) is 0 Å². The molecule has 1 aromatic heterocycles. The first-order valence-corrected chi connectivity index (χ1v) is 8.40. The molecule has 1 aliphatic heterocycles. The van der Waals surface area contributed by atoms with Crippen LogP contribution in [0.25, 0.3) is 0 Å². The first-order chi connectivity index (χ1) is 8.55. The lowest BCUT2D eigenvalue weighted by atomic mass is 10.3. The van der Waals surface area contributed by atoms with Crippen molar-refractivity contribution in [2.75, 3.05) is 18.1 Å². The highest BCUT2D eigenvalue weighted by molar-refractivity contribution is 7.99. The van der Waals surface area contributed by atoms with Gasteiger partial charge in [-0.3, -0.25) is 0 Å². The van der Waals surface area contributed by atoms with Crippen molar-refractivity contribution in [3.63, 3.8) is 0 Å². The number of rotatable bonds is 3. The molecule has 1 saturated heterocycles. The van der Waals surface area contributed by atoms with Crippen molar-refractivity contribution in [2.24, 2.45) is 5.73 Å². The van der Waals surface area contributed by atoms with Gasteiger partial charge in [-0.15, -0.1) is 0 Å². The standard InChI is InChI=1S/C11H17N3O2S2/c1-9-8-17-5-4-14(9)18(15,16)11-3-2-10(6-12)7-13-11/h2-3,7,9H,4-6,8,12H2,1H3. The molecule has 1 fully saturated rings. The molecule has 5 nitrogen and oxygen atoms in total. The van der Waals surface area contributed by atoms with Gasteiger partial charge in [0.05, 0.1) is 0 Å². The zero-order chi connectivity index (χ0) is 13.2. The van der Waals surface area contributed by atoms with Gasteiger partial charge >= 0.3 is 0 Å². The molecule has 0 aromatic carbocycles. The summed E-state index contributed by atoms with van der Waals surface area (Å²) in [6.45, 7) is 2.84. The van der Waals surface area contributed by atoms with Crippen molar-refractivity contribution in [3.8, 4) is 0 Å². The van der Waals surface area contributed by atoms with E-state index in [0.717, 1.165) is 17.1 Å². The quantitative estimate of drug-likeness (QED) is 0.884. The van der Waals surface area contributed by atoms with Gasteiger partial charge < -0.3 is 5.73 Å². The first kappa shape index (κ1) is 13.8. The highest BCUT2D eigenvalue weighted by Crippen LogP contribution is 2.23. The summed E-state index contributed by atoms with van der Waals surface area (Å²) in [7, 11) is -3.47. The van der Waals surface area contributed by atoms with E-state index in [0.29, 0.717) is 13.1 Å². The number of nitrogens with zero attached hydrogens (tertiary/aromatic N) is 2. The third-order valence-electron chi connectivity index (χ3n) is 2.91. The topological polar surface area (TPSA) is 76.3 Å². The molecule has 0 amide bonds. The Bertz CT molecular complexity index is 502. The van der Waals surface area contributed by atoms with E-state index >= 15 is 0 Å². The van der Waals surface area contributed by atoms with Crippen LogP contribution in [0.4, 0.5) is 0 Å². The van der Waals surface area contributed by atoms with Crippen LogP contribution in [-0.4, -0.2) is 41.8 Å². The monoisotopic (exact) mass is 287 g/mol. The fraction of sp³-hybridized carbons (Fsp3) is 0.545. The van der Waals surface area contributed by atoms with Crippen LogP contribution in [0, 0.1) is 0 Å². The van der Waals surface area contributed by atoms with Gasteiger partial charge in [-0.25, -0.2) is 13.4 Å². The van der Waals surface area contributed by atoms with Crippen molar-refractivity contribution in [3.05, 3.63) is 23.9 Å². The molecule has 1 aliphatic rings. The van der Waals surface area contributed by atoms with E-state index in [1.54, 1.807) is 17.8 Å². The predicted molar refractivity (Wildman–Crippen MR) is 72.8 cm³/mol. The predicted octanol–water partition coefficient (Wildman–Crippen LogP) is 0.666. The Hall–Kier alpha value is -0.630. The SMILES string of the molecule is CC1CSCCN1S(=O)(=O)c1ccc(CN)cn1. The molecule has 2 N–H and O–H groups in total. The van der Waals surface area contributed by atoms with Crippen LogP contribution in [0.15, 0.2) is 23.4 Å². The summed E-state index contributed by atoms with van der Waals surface area (Å²) in [5.74, 6) is 1.67. The van der Waals surface area contributed by atoms with Crippen molar-refractivity contribution < 1.29 is 8.42 Å². The van der Waals surface area contributed by atoms with Gasteiger partial charge in [0.1, 0.15) is 0 Å². The molecule has 7 heteroatoms. The van der Waals surface area contributed by atoms with E-state index in [9.17, 15) is 8.42 Å². The number of pyridine rings is 1. The third kappa shape index (κ3) is 2.69. The van der Waals surface area contributed by atoms with Crippen molar-refractivity contribution >= 4 is 21.8 Å². The fourth-order valence-corrected chi connectivity index (χ4v) is 4.64. The molecule has 1 unspecified atom stereocenters. The Morgan fingerprint density at radius 1 is 1.56 bits per heavy atom. The van der Waals surface area contributed by atoms with E-state index < -0.39 is 10.0 Å². The molecular weight excluding hydrogens is 270 g/mol. The van der Waals surface area contributed by atoms with Crippen molar-refractivity contribution in [1.29, 1.82) is 0 Å². The van der Waals surface area contributed by atoms with Gasteiger partial charge in [0, 0.05) is 36.8 Å². The van der Waals surface area contributed by atoms with Gasteiger partial charge in [-0.05, 0) is 18.6 Å². The lowest BCUT2D eigenvalue weighted by molar-refractivity contribution is 0.366. The van der Waals surface area contributed by atoms with Crippen LogP contribution in [-0.2, 0) is 16.6 Å². The van der Waals surface area contributed by atoms with Gasteiger partial charge in [0.15, 0.2) is 5.03 Å². The molecule has 0 radical (unpaired) electrons. The number of aromatic nitrogens is 1. The smallest absolute Gasteiger partial charge is 0.260 e. The molecule has 0 spiro atoms. The second-order valence-corrected chi connectivity index (χ2v) is 7.24. The highest BCUT2D eigenvalue weighted by Gasteiger charge is 2.31. The highest BCUT2D eigenvalue weighted by atomic mass is 32.2. The molecule has 1 atom stereocenters. The Kier molecular flexibility index (Phi) is 4.26. The first-order valence-electron chi connectivity index (χ1n) is 5.80. The summed E-state index contributed by atoms with van der Waals surface area (Å²) in [5, 5.41) is 0.110. The van der Waals surface area contributed by atoms with Crippen LogP contribution >= 0.6 is 11.8 Å². The Balaban J connectivity index is 2.28. The summed E-state index contributed by atoms with van der Waals surface area (Å²) < 4.78 is 26.4. The second kappa shape index (κ2) is 5.56. The Labute approximate surface area is 112 Å². The Morgan fingerprint density at radius 2 is 2.33 bits per heavy atom. The summed E-state index contributed by atoms with van der Waals surface area (Å²) in [4.78, 5) is 4.01. The van der Waals surface area contributed by atoms with Crippen molar-refractivity contribution in [2.45, 2.75) is 24.5 Å². The Morgan fingerprint density at radius 3 is 2.89 bits per heavy atom. The maximum absolute atomic E-state index is 12.4. The molecule has 18 heavy (non-hydrogen) atoms. The molecule has 0 bridgehead atoms. The zero-order valence-electron chi connectivity index (χ0n) is 10.2. The number of hydrogen-bond acceptors (Lipinski definition) is 5. The fourth-order valence-electron chi connectivity index (χ4n) is 1.87. The van der Waals surface area contributed by atoms with Crippen LogP contribution in [0.5, 0.6) is 0 Å². The molecule has 0 saturated carbocycles. The second-order valence-electron chi connectivity index (χ2n) is 4.25.